The van der Waals surface area contributed by atoms with Gasteiger partial charge in [0.2, 0.25) is 18.2 Å². The molecule has 0 fully saturated rings. The number of ketones is 1. The zero-order valence-electron chi connectivity index (χ0n) is 21.0. The summed E-state index contributed by atoms with van der Waals surface area (Å²) in [4.78, 5) is 57.9. The van der Waals surface area contributed by atoms with Gasteiger partial charge in [0, 0.05) is 6.42 Å². The van der Waals surface area contributed by atoms with Crippen LogP contribution in [0, 0.1) is 5.92 Å². The van der Waals surface area contributed by atoms with E-state index < -0.39 is 35.9 Å². The molecule has 0 spiro atoms. The first kappa shape index (κ1) is 33.4. The van der Waals surface area contributed by atoms with Crippen LogP contribution >= 0.6 is 23.2 Å². The predicted octanol–water partition coefficient (Wildman–Crippen LogP) is 2.67. The molecule has 0 aromatic heterocycles. The average molecular weight is 546 g/mol. The summed E-state index contributed by atoms with van der Waals surface area (Å²) in [6, 6.07) is 6.27. The number of aliphatic carboxylic acids is 1. The molecule has 0 bridgehead atoms. The lowest BCUT2D eigenvalue weighted by Gasteiger charge is -2.25. The molecule has 0 heterocycles. The van der Waals surface area contributed by atoms with E-state index >= 15 is 0 Å². The Labute approximate surface area is 222 Å². The highest BCUT2D eigenvalue weighted by molar-refractivity contribution is 6.35. The molecule has 0 aliphatic carbocycles. The van der Waals surface area contributed by atoms with Crippen LogP contribution in [0.4, 0.5) is 0 Å². The molecular formula is C25H37Cl2N3O6. The number of alkyl halides is 2. The van der Waals surface area contributed by atoms with Gasteiger partial charge in [-0.3, -0.25) is 19.2 Å². The number of rotatable bonds is 16. The summed E-state index contributed by atoms with van der Waals surface area (Å²) in [5, 5.41) is 17.3. The summed E-state index contributed by atoms with van der Waals surface area (Å²) >= 11 is 10.0. The molecule has 3 unspecified atom stereocenters. The molecule has 0 saturated heterocycles. The van der Waals surface area contributed by atoms with E-state index in [0.29, 0.717) is 19.3 Å². The minimum atomic E-state index is -1.15. The SMILES string of the molecule is CCCCC(NC=O)C(=O)NC(CC(C)C)C(=O)NC(Cc1ccccc1)C(=O)O.O=C(CCl)CCl. The largest absolute Gasteiger partial charge is 0.480 e. The van der Waals surface area contributed by atoms with Gasteiger partial charge in [-0.25, -0.2) is 4.79 Å². The fourth-order valence-corrected chi connectivity index (χ4v) is 3.40. The van der Waals surface area contributed by atoms with Crippen LogP contribution in [0.5, 0.6) is 0 Å². The van der Waals surface area contributed by atoms with E-state index in [4.69, 9.17) is 23.2 Å². The van der Waals surface area contributed by atoms with Crippen molar-refractivity contribution in [1.82, 2.24) is 16.0 Å². The second-order valence-electron chi connectivity index (χ2n) is 8.57. The van der Waals surface area contributed by atoms with Crippen molar-refractivity contribution in [2.24, 2.45) is 5.92 Å². The Kier molecular flexibility index (Phi) is 18.1. The summed E-state index contributed by atoms with van der Waals surface area (Å²) in [5.41, 5.74) is 0.782. The number of hydrogen-bond acceptors (Lipinski definition) is 5. The number of carboxylic acids is 1. The highest BCUT2D eigenvalue weighted by Gasteiger charge is 2.29. The van der Waals surface area contributed by atoms with Gasteiger partial charge in [0.15, 0.2) is 5.78 Å². The van der Waals surface area contributed by atoms with E-state index in [1.165, 1.54) is 0 Å². The third-order valence-corrected chi connectivity index (χ3v) is 5.56. The third-order valence-electron chi connectivity index (χ3n) is 4.97. The second-order valence-corrected chi connectivity index (χ2v) is 9.10. The molecule has 0 aliphatic rings. The predicted molar refractivity (Wildman–Crippen MR) is 140 cm³/mol. The second kappa shape index (κ2) is 19.5. The molecule has 1 aromatic carbocycles. The van der Waals surface area contributed by atoms with E-state index in [0.717, 1.165) is 18.4 Å². The van der Waals surface area contributed by atoms with Gasteiger partial charge in [-0.2, -0.15) is 0 Å². The minimum Gasteiger partial charge on any atom is -0.480 e. The first-order valence-corrected chi connectivity index (χ1v) is 12.9. The van der Waals surface area contributed by atoms with Gasteiger partial charge >= 0.3 is 5.97 Å². The van der Waals surface area contributed by atoms with Gasteiger partial charge in [-0.1, -0.05) is 63.9 Å². The van der Waals surface area contributed by atoms with E-state index in [9.17, 15) is 29.1 Å². The molecule has 11 heteroatoms. The summed E-state index contributed by atoms with van der Waals surface area (Å²) in [5.74, 6) is -2.13. The summed E-state index contributed by atoms with van der Waals surface area (Å²) in [6.07, 6.45) is 3.02. The van der Waals surface area contributed by atoms with Crippen LogP contribution in [0.3, 0.4) is 0 Å². The van der Waals surface area contributed by atoms with Crippen molar-refractivity contribution in [3.63, 3.8) is 0 Å². The fraction of sp³-hybridized carbons (Fsp3) is 0.560. The number of hydrogen-bond donors (Lipinski definition) is 4. The standard InChI is InChI=1S/C22H33N3O5.C3H4Cl2O/c1-4-5-11-17(23-14-26)20(27)24-18(12-15(2)3)21(28)25-19(22(29)30)13-16-9-7-6-8-10-16;4-1-3(6)2-5/h6-10,14-15,17-19H,4-5,11-13H2,1-3H3,(H,23,26)(H,24,27)(H,25,28)(H,29,30);1-2H2. The smallest absolute Gasteiger partial charge is 0.326 e. The van der Waals surface area contributed by atoms with Gasteiger partial charge in [0.1, 0.15) is 18.1 Å². The van der Waals surface area contributed by atoms with Crippen LogP contribution in [0.25, 0.3) is 0 Å². The molecule has 0 saturated carbocycles. The number of nitrogens with one attached hydrogen (secondary N) is 3. The van der Waals surface area contributed by atoms with Gasteiger partial charge in [0.05, 0.1) is 11.8 Å². The molecule has 0 radical (unpaired) electrons. The van der Waals surface area contributed by atoms with Crippen molar-refractivity contribution >= 4 is 53.2 Å². The van der Waals surface area contributed by atoms with Crippen LogP contribution in [0.1, 0.15) is 52.0 Å². The maximum absolute atomic E-state index is 12.8. The highest BCUT2D eigenvalue weighted by Crippen LogP contribution is 2.09. The number of unbranched alkanes of at least 4 members (excludes halogenated alkanes) is 1. The Morgan fingerprint density at radius 3 is 1.94 bits per heavy atom. The Hall–Kier alpha value is -2.65. The average Bonchev–Trinajstić information content (AvgIpc) is 2.85. The van der Waals surface area contributed by atoms with Crippen molar-refractivity contribution in [1.29, 1.82) is 0 Å². The van der Waals surface area contributed by atoms with E-state index in [1.807, 2.05) is 26.8 Å². The molecule has 0 aliphatic heterocycles. The van der Waals surface area contributed by atoms with Crippen molar-refractivity contribution in [2.75, 3.05) is 11.8 Å². The van der Waals surface area contributed by atoms with Gasteiger partial charge in [-0.05, 0) is 24.3 Å². The van der Waals surface area contributed by atoms with Crippen molar-refractivity contribution in [3.05, 3.63) is 35.9 Å². The van der Waals surface area contributed by atoms with E-state index in [2.05, 4.69) is 16.0 Å². The number of Topliss-reactive ketones (excluding diaryl/α,β-unsaturated/α-hetero) is 1. The molecule has 1 aromatic rings. The van der Waals surface area contributed by atoms with E-state index in [1.54, 1.807) is 24.3 Å². The summed E-state index contributed by atoms with van der Waals surface area (Å²) in [7, 11) is 0. The van der Waals surface area contributed by atoms with Crippen LogP contribution in [-0.2, 0) is 30.4 Å². The molecule has 4 N–H and O–H groups in total. The molecule has 1 rings (SSSR count). The van der Waals surface area contributed by atoms with Crippen LogP contribution in [-0.4, -0.2) is 65.0 Å². The first-order chi connectivity index (χ1) is 17.1. The topological polar surface area (TPSA) is 142 Å². The van der Waals surface area contributed by atoms with Crippen LogP contribution in [0.2, 0.25) is 0 Å². The zero-order valence-corrected chi connectivity index (χ0v) is 22.5. The number of carbonyl (C=O) groups is 5. The molecule has 3 atom stereocenters. The van der Waals surface area contributed by atoms with E-state index in [-0.39, 0.29) is 29.9 Å². The Balaban J connectivity index is 0.00000181. The number of amides is 3. The monoisotopic (exact) mass is 545 g/mol. The van der Waals surface area contributed by atoms with Crippen molar-refractivity contribution in [3.8, 4) is 0 Å². The Morgan fingerprint density at radius 2 is 1.50 bits per heavy atom. The quantitative estimate of drug-likeness (QED) is 0.186. The molecule has 202 valence electrons. The minimum absolute atomic E-state index is 0.0312. The maximum Gasteiger partial charge on any atom is 0.326 e. The fourth-order valence-electron chi connectivity index (χ4n) is 3.11. The number of carbonyl (C=O) groups excluding carboxylic acids is 4. The lowest BCUT2D eigenvalue weighted by Crippen LogP contribution is -2.55. The molecule has 3 amide bonds. The Morgan fingerprint density at radius 1 is 0.944 bits per heavy atom. The van der Waals surface area contributed by atoms with Crippen molar-refractivity contribution < 1.29 is 29.1 Å². The highest BCUT2D eigenvalue weighted by atomic mass is 35.5. The summed E-state index contributed by atoms with van der Waals surface area (Å²) < 4.78 is 0. The third kappa shape index (κ3) is 14.7. The van der Waals surface area contributed by atoms with Gasteiger partial charge < -0.3 is 21.1 Å². The first-order valence-electron chi connectivity index (χ1n) is 11.8. The van der Waals surface area contributed by atoms with Crippen molar-refractivity contribution in [2.45, 2.75) is 71.0 Å². The van der Waals surface area contributed by atoms with Gasteiger partial charge in [-0.15, -0.1) is 23.2 Å². The lowest BCUT2D eigenvalue weighted by atomic mass is 10.0. The maximum atomic E-state index is 12.8. The Bertz CT molecular complexity index is 817. The molecule has 9 nitrogen and oxygen atoms in total. The van der Waals surface area contributed by atoms with Crippen LogP contribution < -0.4 is 16.0 Å². The number of benzene rings is 1. The molecule has 36 heavy (non-hydrogen) atoms. The lowest BCUT2D eigenvalue weighted by molar-refractivity contribution is -0.142. The zero-order chi connectivity index (χ0) is 27.5. The summed E-state index contributed by atoms with van der Waals surface area (Å²) in [6.45, 7) is 5.79. The normalized spacial score (nSPS) is 12.8. The van der Waals surface area contributed by atoms with Crippen LogP contribution in [0.15, 0.2) is 30.3 Å². The molecular weight excluding hydrogens is 509 g/mol. The van der Waals surface area contributed by atoms with Gasteiger partial charge in [0.25, 0.3) is 0 Å². The number of halogens is 2. The number of carboxylic acid groups (broad SMARTS) is 1.